The molecule has 0 radical (unpaired) electrons. The zero-order valence-corrected chi connectivity index (χ0v) is 19.2. The summed E-state index contributed by atoms with van der Waals surface area (Å²) in [6.45, 7) is 0.887. The van der Waals surface area contributed by atoms with Crippen LogP contribution in [0.4, 0.5) is 10.5 Å². The number of aryl methyl sites for hydroxylation is 1. The second-order valence-electron chi connectivity index (χ2n) is 8.54. The van der Waals surface area contributed by atoms with Gasteiger partial charge in [0, 0.05) is 55.4 Å². The Bertz CT molecular complexity index is 1450. The molecule has 0 unspecified atom stereocenters. The smallest absolute Gasteiger partial charge is 0.324 e. The number of amides is 2. The predicted octanol–water partition coefficient (Wildman–Crippen LogP) is 2.87. The molecule has 2 amide bonds. The summed E-state index contributed by atoms with van der Waals surface area (Å²) in [5, 5.41) is 7.25. The Morgan fingerprint density at radius 2 is 1.77 bits per heavy atom. The van der Waals surface area contributed by atoms with Crippen LogP contribution in [-0.2, 0) is 7.05 Å². The summed E-state index contributed by atoms with van der Waals surface area (Å²) < 4.78 is 2.92. The van der Waals surface area contributed by atoms with Crippen molar-refractivity contribution >= 4 is 11.7 Å². The molecule has 0 aliphatic carbocycles. The zero-order chi connectivity index (χ0) is 24.4. The van der Waals surface area contributed by atoms with Crippen molar-refractivity contribution in [2.24, 2.45) is 7.05 Å². The maximum absolute atomic E-state index is 12.9. The molecule has 4 aromatic rings. The van der Waals surface area contributed by atoms with Gasteiger partial charge in [0.25, 0.3) is 5.56 Å². The van der Waals surface area contributed by atoms with Crippen LogP contribution in [0.1, 0.15) is 18.9 Å². The molecule has 1 fully saturated rings. The third-order valence-electron chi connectivity index (χ3n) is 6.21. The number of piperidine rings is 1. The fourth-order valence-electron chi connectivity index (χ4n) is 4.31. The van der Waals surface area contributed by atoms with Crippen molar-refractivity contribution < 1.29 is 4.79 Å². The number of anilines is 1. The Morgan fingerprint density at radius 1 is 1.03 bits per heavy atom. The number of aromatic amines is 1. The van der Waals surface area contributed by atoms with Crippen LogP contribution in [0.2, 0.25) is 0 Å². The Labute approximate surface area is 200 Å². The van der Waals surface area contributed by atoms with E-state index >= 15 is 0 Å². The number of rotatable bonds is 4. The van der Waals surface area contributed by atoms with E-state index in [0.717, 1.165) is 16.7 Å². The van der Waals surface area contributed by atoms with Gasteiger partial charge in [0.05, 0.1) is 6.04 Å². The van der Waals surface area contributed by atoms with Crippen molar-refractivity contribution in [2.75, 3.05) is 18.4 Å². The number of nitrogens with zero attached hydrogens (tertiary/aromatic N) is 5. The second kappa shape index (κ2) is 9.41. The van der Waals surface area contributed by atoms with Gasteiger partial charge in [-0.2, -0.15) is 0 Å². The number of benzene rings is 1. The van der Waals surface area contributed by atoms with Crippen molar-refractivity contribution in [3.05, 3.63) is 88.0 Å². The lowest BCUT2D eigenvalue weighted by Gasteiger charge is -2.31. The largest absolute Gasteiger partial charge is 0.343 e. The molecule has 3 aromatic heterocycles. The van der Waals surface area contributed by atoms with Crippen LogP contribution in [0.5, 0.6) is 0 Å². The first-order valence-corrected chi connectivity index (χ1v) is 11.4. The fraction of sp³-hybridized carbons (Fsp3) is 0.240. The molecule has 1 aliphatic heterocycles. The number of carbonyl (C=O) groups excluding carboxylic acids is 1. The zero-order valence-electron chi connectivity index (χ0n) is 19.2. The van der Waals surface area contributed by atoms with Crippen LogP contribution in [-0.4, -0.2) is 48.3 Å². The molecule has 4 heterocycles. The van der Waals surface area contributed by atoms with Crippen LogP contribution in [0.25, 0.3) is 22.5 Å². The Hall–Kier alpha value is -4.47. The number of urea groups is 1. The number of pyridine rings is 2. The molecule has 0 atom stereocenters. The van der Waals surface area contributed by atoms with Gasteiger partial charge in [-0.3, -0.25) is 14.8 Å². The summed E-state index contributed by atoms with van der Waals surface area (Å²) in [6.07, 6.45) is 6.26. The molecule has 1 aromatic carbocycles. The van der Waals surface area contributed by atoms with E-state index in [-0.39, 0.29) is 29.0 Å². The second-order valence-corrected chi connectivity index (χ2v) is 8.54. The standard InChI is InChI=1S/C25H25N7O3/c1-30-16-19(18-8-5-11-26-15-18)14-21(23(30)33)27-24(34)31-12-9-20(10-13-31)32-25(35)28-22(29-32)17-6-3-2-4-7-17/h2-8,11,14-16,20H,9-10,12-13H2,1H3,(H,27,34)(H,28,29,35). The molecule has 0 saturated carbocycles. The van der Waals surface area contributed by atoms with Crippen LogP contribution < -0.4 is 16.6 Å². The van der Waals surface area contributed by atoms with Crippen molar-refractivity contribution in [3.63, 3.8) is 0 Å². The van der Waals surface area contributed by atoms with Crippen molar-refractivity contribution in [1.82, 2.24) is 29.2 Å². The van der Waals surface area contributed by atoms with Gasteiger partial charge >= 0.3 is 11.7 Å². The van der Waals surface area contributed by atoms with Gasteiger partial charge < -0.3 is 14.8 Å². The van der Waals surface area contributed by atoms with Crippen molar-refractivity contribution in [1.29, 1.82) is 0 Å². The molecule has 2 N–H and O–H groups in total. The van der Waals surface area contributed by atoms with Crippen LogP contribution in [0.3, 0.4) is 0 Å². The minimum absolute atomic E-state index is 0.109. The number of hydrogen-bond acceptors (Lipinski definition) is 5. The summed E-state index contributed by atoms with van der Waals surface area (Å²) in [4.78, 5) is 46.7. The van der Waals surface area contributed by atoms with Crippen molar-refractivity contribution in [2.45, 2.75) is 18.9 Å². The molecule has 0 spiro atoms. The summed E-state index contributed by atoms with van der Waals surface area (Å²) >= 11 is 0. The van der Waals surface area contributed by atoms with Crippen molar-refractivity contribution in [3.8, 4) is 22.5 Å². The SMILES string of the molecule is Cn1cc(-c2cccnc2)cc(NC(=O)N2CCC(n3nc(-c4ccccc4)[nH]c3=O)CC2)c1=O. The lowest BCUT2D eigenvalue weighted by atomic mass is 10.1. The maximum atomic E-state index is 12.9. The van der Waals surface area contributed by atoms with E-state index in [2.05, 4.69) is 20.4 Å². The molecule has 35 heavy (non-hydrogen) atoms. The first-order valence-electron chi connectivity index (χ1n) is 11.4. The number of H-pyrrole nitrogens is 1. The molecule has 10 heteroatoms. The minimum atomic E-state index is -0.344. The highest BCUT2D eigenvalue weighted by molar-refractivity contribution is 5.90. The minimum Gasteiger partial charge on any atom is -0.324 e. The van der Waals surface area contributed by atoms with Gasteiger partial charge in [-0.15, -0.1) is 5.10 Å². The third kappa shape index (κ3) is 4.63. The van der Waals surface area contributed by atoms with Gasteiger partial charge in [0.1, 0.15) is 5.69 Å². The van der Waals surface area contributed by atoms with Crippen LogP contribution >= 0.6 is 0 Å². The maximum Gasteiger partial charge on any atom is 0.343 e. The average Bonchev–Trinajstić information content (AvgIpc) is 3.29. The Balaban J connectivity index is 1.27. The average molecular weight is 472 g/mol. The van der Waals surface area contributed by atoms with Gasteiger partial charge in [-0.1, -0.05) is 36.4 Å². The molecular formula is C25H25N7O3. The number of likely N-dealkylation sites (tertiary alicyclic amines) is 1. The predicted molar refractivity (Wildman–Crippen MR) is 132 cm³/mol. The molecular weight excluding hydrogens is 446 g/mol. The van der Waals surface area contributed by atoms with E-state index in [1.54, 1.807) is 36.6 Å². The highest BCUT2D eigenvalue weighted by atomic mass is 16.2. The number of nitrogens with one attached hydrogen (secondary N) is 2. The molecule has 10 nitrogen and oxygen atoms in total. The third-order valence-corrected chi connectivity index (χ3v) is 6.21. The van der Waals surface area contributed by atoms with Gasteiger partial charge in [-0.05, 0) is 25.0 Å². The molecule has 1 saturated heterocycles. The molecule has 178 valence electrons. The number of hydrogen-bond donors (Lipinski definition) is 2. The van der Waals surface area contributed by atoms with E-state index in [0.29, 0.717) is 31.8 Å². The topological polar surface area (TPSA) is 118 Å². The van der Waals surface area contributed by atoms with E-state index < -0.39 is 0 Å². The van der Waals surface area contributed by atoms with E-state index in [4.69, 9.17) is 0 Å². The lowest BCUT2D eigenvalue weighted by molar-refractivity contribution is 0.179. The number of aromatic nitrogens is 5. The monoisotopic (exact) mass is 471 g/mol. The Kier molecular flexibility index (Phi) is 6.01. The van der Waals surface area contributed by atoms with Gasteiger partial charge in [0.2, 0.25) is 0 Å². The normalized spacial score (nSPS) is 14.1. The fourth-order valence-corrected chi connectivity index (χ4v) is 4.31. The first kappa shape index (κ1) is 22.3. The quantitative estimate of drug-likeness (QED) is 0.475. The highest BCUT2D eigenvalue weighted by Crippen LogP contribution is 2.23. The number of carbonyl (C=O) groups is 1. The van der Waals surface area contributed by atoms with E-state index in [1.165, 1.54) is 9.25 Å². The summed E-state index contributed by atoms with van der Waals surface area (Å²) in [7, 11) is 1.65. The molecule has 1 aliphatic rings. The molecule has 0 bridgehead atoms. The lowest BCUT2D eigenvalue weighted by Crippen LogP contribution is -2.43. The van der Waals surface area contributed by atoms with Gasteiger partial charge in [-0.25, -0.2) is 14.3 Å². The van der Waals surface area contributed by atoms with Crippen LogP contribution in [0.15, 0.2) is 76.7 Å². The highest BCUT2D eigenvalue weighted by Gasteiger charge is 2.26. The Morgan fingerprint density at radius 3 is 2.49 bits per heavy atom. The van der Waals surface area contributed by atoms with Gasteiger partial charge in [0.15, 0.2) is 5.82 Å². The summed E-state index contributed by atoms with van der Waals surface area (Å²) in [6, 6.07) is 14.4. The molecule has 5 rings (SSSR count). The summed E-state index contributed by atoms with van der Waals surface area (Å²) in [5.74, 6) is 0.528. The first-order chi connectivity index (χ1) is 17.0. The van der Waals surface area contributed by atoms with E-state index in [9.17, 15) is 14.4 Å². The summed E-state index contributed by atoms with van der Waals surface area (Å²) in [5.41, 5.74) is 2.12. The van der Waals surface area contributed by atoms with Crippen LogP contribution in [0, 0.1) is 0 Å². The van der Waals surface area contributed by atoms with E-state index in [1.807, 2.05) is 42.5 Å².